The number of phenolic OH excluding ortho intramolecular Hbond substituents is 1. The summed E-state index contributed by atoms with van der Waals surface area (Å²) in [6.45, 7) is 4.97. The molecule has 1 aromatic carbocycles. The number of ether oxygens (including phenoxy) is 1. The summed E-state index contributed by atoms with van der Waals surface area (Å²) in [5, 5.41) is 25.3. The van der Waals surface area contributed by atoms with Crippen molar-refractivity contribution in [3.8, 4) is 5.75 Å². The van der Waals surface area contributed by atoms with Gasteiger partial charge in [-0.15, -0.1) is 0 Å². The van der Waals surface area contributed by atoms with Gasteiger partial charge in [0.25, 0.3) is 0 Å². The number of nitrogens with two attached hydrogens (primary N) is 1. The molecule has 2 amide bonds. The maximum absolute atomic E-state index is 14.0. The van der Waals surface area contributed by atoms with Crippen molar-refractivity contribution in [2.24, 2.45) is 29.4 Å². The molecule has 1 aromatic rings. The highest BCUT2D eigenvalue weighted by Gasteiger charge is 2.69. The first-order valence-corrected chi connectivity index (χ1v) is 13.2. The van der Waals surface area contributed by atoms with Crippen molar-refractivity contribution in [3.63, 3.8) is 0 Å². The molecule has 13 nitrogen and oxygen atoms in total. The van der Waals surface area contributed by atoms with Crippen molar-refractivity contribution in [2.45, 2.75) is 50.9 Å². The Labute approximate surface area is 237 Å². The van der Waals surface area contributed by atoms with E-state index in [9.17, 15) is 39.0 Å². The predicted molar refractivity (Wildman–Crippen MR) is 146 cm³/mol. The summed E-state index contributed by atoms with van der Waals surface area (Å²) in [5.41, 5.74) is 2.23. The van der Waals surface area contributed by atoms with Crippen LogP contribution < -0.4 is 16.0 Å². The minimum atomic E-state index is -2.82. The lowest BCUT2D eigenvalue weighted by Crippen LogP contribution is -2.74. The first-order valence-electron chi connectivity index (χ1n) is 13.2. The van der Waals surface area contributed by atoms with Gasteiger partial charge in [0.05, 0.1) is 23.2 Å². The predicted octanol–water partition coefficient (Wildman–Crippen LogP) is 0.280. The van der Waals surface area contributed by atoms with Crippen LogP contribution in [0.2, 0.25) is 0 Å². The third kappa shape index (κ3) is 4.66. The maximum atomic E-state index is 14.0. The minimum absolute atomic E-state index is 0.0601. The second-order valence-corrected chi connectivity index (χ2v) is 12.5. The van der Waals surface area contributed by atoms with Crippen molar-refractivity contribution in [2.75, 3.05) is 38.4 Å². The van der Waals surface area contributed by atoms with Gasteiger partial charge in [-0.2, -0.15) is 0 Å². The summed E-state index contributed by atoms with van der Waals surface area (Å²) >= 11 is 0. The monoisotopic (exact) mass is 572 g/mol. The molecular weight excluding hydrogens is 536 g/mol. The number of aromatic hydroxyl groups is 1. The number of fused-ring (bicyclic) bond motifs is 3. The van der Waals surface area contributed by atoms with Crippen LogP contribution in [0.4, 0.5) is 16.2 Å². The van der Waals surface area contributed by atoms with E-state index in [0.29, 0.717) is 11.3 Å². The Balaban J connectivity index is 1.85. The standard InChI is InChI=1S/C28H36N4O9/c1-27(2,3)41-26(39)30-14-10-15(31(4)5)12-8-11-9-13-19(32(6)7)22(35)18(25(29)38)24(37)28(13,40)23(36)16(11)21(34)17(12)20(14)33/h10-11,13,16,18-19,33,40H,8-9H2,1-7H3,(H2,29,38)(H,30,39). The molecule has 2 saturated carbocycles. The molecule has 2 fully saturated rings. The van der Waals surface area contributed by atoms with E-state index in [1.807, 2.05) is 0 Å². The summed E-state index contributed by atoms with van der Waals surface area (Å²) in [7, 11) is 6.46. The minimum Gasteiger partial charge on any atom is -0.505 e. The van der Waals surface area contributed by atoms with Gasteiger partial charge in [0.2, 0.25) is 5.91 Å². The van der Waals surface area contributed by atoms with Crippen molar-refractivity contribution in [3.05, 3.63) is 17.2 Å². The van der Waals surface area contributed by atoms with E-state index in [1.165, 1.54) is 25.1 Å². The van der Waals surface area contributed by atoms with E-state index in [2.05, 4.69) is 5.32 Å². The number of aliphatic hydroxyl groups is 1. The van der Waals surface area contributed by atoms with Crippen LogP contribution in [0.15, 0.2) is 6.07 Å². The highest BCUT2D eigenvalue weighted by molar-refractivity contribution is 6.32. The number of nitrogens with one attached hydrogen (secondary N) is 1. The van der Waals surface area contributed by atoms with E-state index in [1.54, 1.807) is 39.8 Å². The number of hydrogen-bond acceptors (Lipinski definition) is 11. The van der Waals surface area contributed by atoms with Crippen LogP contribution in [-0.2, 0) is 30.3 Å². The van der Waals surface area contributed by atoms with E-state index in [-0.39, 0.29) is 24.1 Å². The van der Waals surface area contributed by atoms with Gasteiger partial charge in [-0.1, -0.05) is 0 Å². The Bertz CT molecular complexity index is 1380. The summed E-state index contributed by atoms with van der Waals surface area (Å²) in [5.74, 6) is -11.5. The molecule has 0 saturated heterocycles. The third-order valence-corrected chi connectivity index (χ3v) is 8.16. The van der Waals surface area contributed by atoms with Gasteiger partial charge in [-0.25, -0.2) is 4.79 Å². The van der Waals surface area contributed by atoms with Crippen LogP contribution in [0.3, 0.4) is 0 Å². The van der Waals surface area contributed by atoms with Crippen molar-refractivity contribution >= 4 is 46.5 Å². The van der Waals surface area contributed by atoms with Gasteiger partial charge in [0.15, 0.2) is 34.7 Å². The average molecular weight is 573 g/mol. The molecule has 3 aliphatic rings. The number of ketones is 4. The molecule has 13 heteroatoms. The third-order valence-electron chi connectivity index (χ3n) is 8.16. The van der Waals surface area contributed by atoms with Crippen LogP contribution in [0, 0.1) is 23.7 Å². The molecule has 0 spiro atoms. The first kappa shape index (κ1) is 30.1. The summed E-state index contributed by atoms with van der Waals surface area (Å²) in [6, 6.07) is 0.305. The number of rotatable bonds is 4. The second-order valence-electron chi connectivity index (χ2n) is 12.5. The topological polar surface area (TPSA) is 197 Å². The molecular formula is C28H36N4O9. The highest BCUT2D eigenvalue weighted by atomic mass is 16.6. The van der Waals surface area contributed by atoms with Crippen molar-refractivity contribution < 1.29 is 43.7 Å². The van der Waals surface area contributed by atoms with Crippen LogP contribution in [0.25, 0.3) is 0 Å². The summed E-state index contributed by atoms with van der Waals surface area (Å²) in [6.07, 6.45) is -0.844. The van der Waals surface area contributed by atoms with Gasteiger partial charge >= 0.3 is 6.09 Å². The molecule has 41 heavy (non-hydrogen) atoms. The lowest BCUT2D eigenvalue weighted by Gasteiger charge is -2.52. The molecule has 0 aromatic heterocycles. The van der Waals surface area contributed by atoms with Gasteiger partial charge in [-0.3, -0.25) is 34.2 Å². The van der Waals surface area contributed by atoms with Gasteiger partial charge < -0.3 is 25.6 Å². The molecule has 0 aliphatic heterocycles. The quantitative estimate of drug-likeness (QED) is 0.286. The molecule has 0 bridgehead atoms. The van der Waals surface area contributed by atoms with Gasteiger partial charge in [0, 0.05) is 25.7 Å². The number of likely N-dealkylation sites (N-methyl/N-ethyl adjacent to an activating group) is 1. The Kier molecular flexibility index (Phi) is 7.28. The zero-order valence-electron chi connectivity index (χ0n) is 24.1. The summed E-state index contributed by atoms with van der Waals surface area (Å²) < 4.78 is 5.27. The van der Waals surface area contributed by atoms with Gasteiger partial charge in [0.1, 0.15) is 11.4 Å². The Hall–Kier alpha value is -3.84. The number of benzene rings is 1. The fourth-order valence-corrected chi connectivity index (χ4v) is 6.56. The smallest absolute Gasteiger partial charge is 0.412 e. The summed E-state index contributed by atoms with van der Waals surface area (Å²) in [4.78, 5) is 82.3. The first-order chi connectivity index (χ1) is 18.8. The van der Waals surface area contributed by atoms with E-state index < -0.39 is 81.8 Å². The molecule has 6 atom stereocenters. The number of primary amides is 1. The number of amides is 2. The molecule has 0 radical (unpaired) electrons. The van der Waals surface area contributed by atoms with E-state index >= 15 is 0 Å². The Morgan fingerprint density at radius 1 is 1.10 bits per heavy atom. The highest BCUT2D eigenvalue weighted by Crippen LogP contribution is 2.52. The zero-order valence-corrected chi connectivity index (χ0v) is 24.1. The SMILES string of the molecule is CN(C)c1cc(NC(=O)OC(C)(C)C)c(O)c2c1CC1CC3C(N(C)C)C(=O)C(C(N)=O)C(=O)C3(O)C(=O)C1C2=O. The average Bonchev–Trinajstić information content (AvgIpc) is 2.81. The molecule has 6 unspecified atom stereocenters. The van der Waals surface area contributed by atoms with E-state index in [4.69, 9.17) is 10.5 Å². The second kappa shape index (κ2) is 9.91. The lowest BCUT2D eigenvalue weighted by atomic mass is 9.52. The molecule has 4 rings (SSSR count). The Morgan fingerprint density at radius 3 is 2.22 bits per heavy atom. The van der Waals surface area contributed by atoms with E-state index in [0.717, 1.165) is 0 Å². The van der Waals surface area contributed by atoms with Gasteiger partial charge in [-0.05, 0) is 65.3 Å². The number of hydrogen-bond donors (Lipinski definition) is 4. The molecule has 3 aliphatic carbocycles. The van der Waals surface area contributed by atoms with Crippen LogP contribution in [0.1, 0.15) is 43.1 Å². The van der Waals surface area contributed by atoms with Crippen LogP contribution >= 0.6 is 0 Å². The maximum Gasteiger partial charge on any atom is 0.412 e. The number of phenols is 1. The normalized spacial score (nSPS) is 29.4. The Morgan fingerprint density at radius 2 is 1.71 bits per heavy atom. The molecule has 0 heterocycles. The zero-order chi connectivity index (χ0) is 30.9. The number of carbonyl (C=O) groups excluding carboxylic acids is 6. The van der Waals surface area contributed by atoms with Crippen molar-refractivity contribution in [1.29, 1.82) is 0 Å². The lowest BCUT2D eigenvalue weighted by molar-refractivity contribution is -0.181. The van der Waals surface area contributed by atoms with Crippen LogP contribution in [0.5, 0.6) is 5.75 Å². The number of Topliss-reactive ketones (excluding diaryl/α,β-unsaturated/α-hetero) is 4. The number of anilines is 2. The van der Waals surface area contributed by atoms with Crippen LogP contribution in [-0.4, -0.2) is 95.7 Å². The number of carbonyl (C=O) groups is 6. The largest absolute Gasteiger partial charge is 0.505 e. The molecule has 5 N–H and O–H groups in total. The molecule has 222 valence electrons. The fraction of sp³-hybridized carbons (Fsp3) is 0.571. The fourth-order valence-electron chi connectivity index (χ4n) is 6.56. The number of nitrogens with zero attached hydrogens (tertiary/aromatic N) is 2. The van der Waals surface area contributed by atoms with Crippen molar-refractivity contribution in [1.82, 2.24) is 4.90 Å².